The maximum absolute atomic E-state index is 12.5. The molecule has 1 aliphatic rings. The number of aryl methyl sites for hydroxylation is 2. The average Bonchev–Trinajstić information content (AvgIpc) is 3.38. The summed E-state index contributed by atoms with van der Waals surface area (Å²) in [6.45, 7) is 6.69. The molecule has 0 N–H and O–H groups in total. The van der Waals surface area contributed by atoms with Crippen LogP contribution >= 0.6 is 22.7 Å². The fraction of sp³-hybridized carbons (Fsp3) is 0.444. The zero-order chi connectivity index (χ0) is 19.3. The predicted octanol–water partition coefficient (Wildman–Crippen LogP) is 2.12. The summed E-state index contributed by atoms with van der Waals surface area (Å²) in [4.78, 5) is 21.9. The van der Waals surface area contributed by atoms with Gasteiger partial charge in [-0.2, -0.15) is 0 Å². The molecule has 5 heterocycles. The Labute approximate surface area is 169 Å². The molecule has 0 radical (unpaired) electrons. The minimum Gasteiger partial charge on any atom is -0.347 e. The highest BCUT2D eigenvalue weighted by Gasteiger charge is 2.21. The topological polar surface area (TPSA) is 71.6 Å². The number of anilines is 1. The average molecular weight is 416 g/mol. The van der Waals surface area contributed by atoms with Crippen molar-refractivity contribution < 1.29 is 0 Å². The Morgan fingerprint density at radius 1 is 1.14 bits per heavy atom. The Balaban J connectivity index is 1.42. The van der Waals surface area contributed by atoms with E-state index >= 15 is 0 Å². The molecule has 4 aromatic rings. The van der Waals surface area contributed by atoms with Crippen molar-refractivity contribution >= 4 is 43.8 Å². The van der Waals surface area contributed by atoms with Crippen LogP contribution in [0.2, 0.25) is 0 Å². The molecule has 0 bridgehead atoms. The SMILES string of the molecule is Cc1csc(N2CCCN(Cc3nnc4n(C)c(=O)c5sccc5n34)CC2)n1. The largest absolute Gasteiger partial charge is 0.347 e. The van der Waals surface area contributed by atoms with Crippen molar-refractivity contribution in [1.82, 2.24) is 29.0 Å². The number of thiazole rings is 1. The molecule has 0 atom stereocenters. The second kappa shape index (κ2) is 6.94. The highest BCUT2D eigenvalue weighted by atomic mass is 32.1. The smallest absolute Gasteiger partial charge is 0.272 e. The minimum atomic E-state index is -0.0133. The van der Waals surface area contributed by atoms with Gasteiger partial charge in [0.15, 0.2) is 11.0 Å². The molecule has 0 unspecified atom stereocenters. The second-order valence-electron chi connectivity index (χ2n) is 7.14. The summed E-state index contributed by atoms with van der Waals surface area (Å²) in [6, 6.07) is 1.98. The number of aromatic nitrogens is 5. The summed E-state index contributed by atoms with van der Waals surface area (Å²) in [5.41, 5.74) is 1.97. The maximum Gasteiger partial charge on any atom is 0.272 e. The van der Waals surface area contributed by atoms with Gasteiger partial charge in [0.2, 0.25) is 5.78 Å². The van der Waals surface area contributed by atoms with Crippen molar-refractivity contribution in [2.75, 3.05) is 31.1 Å². The van der Waals surface area contributed by atoms with Gasteiger partial charge in [0.25, 0.3) is 5.56 Å². The molecule has 0 spiro atoms. The van der Waals surface area contributed by atoms with E-state index in [0.717, 1.165) is 66.0 Å². The molecule has 146 valence electrons. The summed E-state index contributed by atoms with van der Waals surface area (Å²) in [5.74, 6) is 1.48. The van der Waals surface area contributed by atoms with Crippen LogP contribution in [0.1, 0.15) is 17.9 Å². The molecule has 1 fully saturated rings. The molecule has 0 saturated carbocycles. The van der Waals surface area contributed by atoms with E-state index in [0.29, 0.717) is 5.78 Å². The Morgan fingerprint density at radius 2 is 2.04 bits per heavy atom. The van der Waals surface area contributed by atoms with Gasteiger partial charge in [-0.05, 0) is 24.8 Å². The zero-order valence-corrected chi connectivity index (χ0v) is 17.5. The van der Waals surface area contributed by atoms with Crippen LogP contribution in [0.5, 0.6) is 0 Å². The Kier molecular flexibility index (Phi) is 4.41. The third kappa shape index (κ3) is 2.92. The third-order valence-corrected chi connectivity index (χ3v) is 7.14. The van der Waals surface area contributed by atoms with E-state index in [4.69, 9.17) is 0 Å². The van der Waals surface area contributed by atoms with E-state index in [2.05, 4.69) is 30.4 Å². The molecular formula is C18H21N7OS2. The lowest BCUT2D eigenvalue weighted by Crippen LogP contribution is -2.31. The number of hydrogen-bond donors (Lipinski definition) is 0. The van der Waals surface area contributed by atoms with E-state index < -0.39 is 0 Å². The summed E-state index contributed by atoms with van der Waals surface area (Å²) < 4.78 is 4.36. The van der Waals surface area contributed by atoms with E-state index in [9.17, 15) is 4.79 Å². The van der Waals surface area contributed by atoms with Crippen LogP contribution in [0.3, 0.4) is 0 Å². The summed E-state index contributed by atoms with van der Waals surface area (Å²) in [5, 5.41) is 13.9. The van der Waals surface area contributed by atoms with Crippen molar-refractivity contribution in [1.29, 1.82) is 0 Å². The predicted molar refractivity (Wildman–Crippen MR) is 113 cm³/mol. The van der Waals surface area contributed by atoms with Crippen LogP contribution in [0.25, 0.3) is 16.0 Å². The Bertz CT molecular complexity index is 1200. The molecule has 28 heavy (non-hydrogen) atoms. The van der Waals surface area contributed by atoms with Gasteiger partial charge in [0.05, 0.1) is 17.8 Å². The maximum atomic E-state index is 12.5. The van der Waals surface area contributed by atoms with Crippen molar-refractivity contribution in [3.8, 4) is 0 Å². The third-order valence-electron chi connectivity index (χ3n) is 5.23. The van der Waals surface area contributed by atoms with Gasteiger partial charge in [-0.1, -0.05) is 0 Å². The Morgan fingerprint density at radius 3 is 2.86 bits per heavy atom. The van der Waals surface area contributed by atoms with Crippen LogP contribution in [0.15, 0.2) is 21.6 Å². The quantitative estimate of drug-likeness (QED) is 0.510. The van der Waals surface area contributed by atoms with Crippen LogP contribution in [0.4, 0.5) is 5.13 Å². The van der Waals surface area contributed by atoms with Crippen LogP contribution < -0.4 is 10.5 Å². The molecule has 8 nitrogen and oxygen atoms in total. The van der Waals surface area contributed by atoms with Gasteiger partial charge >= 0.3 is 0 Å². The van der Waals surface area contributed by atoms with Gasteiger partial charge < -0.3 is 4.90 Å². The number of hydrogen-bond acceptors (Lipinski definition) is 8. The monoisotopic (exact) mass is 415 g/mol. The van der Waals surface area contributed by atoms with Crippen LogP contribution in [-0.2, 0) is 13.6 Å². The molecule has 5 rings (SSSR count). The molecule has 1 saturated heterocycles. The van der Waals surface area contributed by atoms with Gasteiger partial charge in [0, 0.05) is 38.6 Å². The van der Waals surface area contributed by atoms with Crippen molar-refractivity contribution in [2.24, 2.45) is 7.05 Å². The first kappa shape index (κ1) is 17.8. The number of rotatable bonds is 3. The van der Waals surface area contributed by atoms with E-state index in [1.807, 2.05) is 22.8 Å². The lowest BCUT2D eigenvalue weighted by molar-refractivity contribution is 0.277. The van der Waals surface area contributed by atoms with Crippen molar-refractivity contribution in [2.45, 2.75) is 19.9 Å². The summed E-state index contributed by atoms with van der Waals surface area (Å²) >= 11 is 3.19. The number of thiophene rings is 1. The van der Waals surface area contributed by atoms with Gasteiger partial charge in [-0.25, -0.2) is 4.98 Å². The lowest BCUT2D eigenvalue weighted by atomic mass is 10.3. The zero-order valence-electron chi connectivity index (χ0n) is 15.8. The highest BCUT2D eigenvalue weighted by Crippen LogP contribution is 2.23. The lowest BCUT2D eigenvalue weighted by Gasteiger charge is -2.21. The first-order chi connectivity index (χ1) is 13.6. The molecule has 4 aromatic heterocycles. The number of fused-ring (bicyclic) bond motifs is 3. The van der Waals surface area contributed by atoms with Gasteiger partial charge in [-0.15, -0.1) is 32.9 Å². The minimum absolute atomic E-state index is 0.0133. The molecule has 0 amide bonds. The van der Waals surface area contributed by atoms with Crippen molar-refractivity contribution in [3.63, 3.8) is 0 Å². The normalized spacial score (nSPS) is 16.3. The van der Waals surface area contributed by atoms with E-state index in [1.165, 1.54) is 11.3 Å². The van der Waals surface area contributed by atoms with Crippen LogP contribution in [0, 0.1) is 6.92 Å². The first-order valence-electron chi connectivity index (χ1n) is 9.31. The van der Waals surface area contributed by atoms with Gasteiger partial charge in [-0.3, -0.25) is 18.7 Å². The van der Waals surface area contributed by atoms with Crippen LogP contribution in [-0.4, -0.2) is 55.2 Å². The fourth-order valence-corrected chi connectivity index (χ4v) is 5.47. The van der Waals surface area contributed by atoms with E-state index in [-0.39, 0.29) is 5.56 Å². The summed E-state index contributed by atoms with van der Waals surface area (Å²) in [6.07, 6.45) is 1.09. The fourth-order valence-electron chi connectivity index (χ4n) is 3.76. The second-order valence-corrected chi connectivity index (χ2v) is 8.89. The van der Waals surface area contributed by atoms with Gasteiger partial charge in [0.1, 0.15) is 4.70 Å². The van der Waals surface area contributed by atoms with E-state index in [1.54, 1.807) is 23.0 Å². The molecular weight excluding hydrogens is 394 g/mol. The molecule has 0 aliphatic carbocycles. The molecule has 10 heteroatoms. The standard InChI is InChI=1S/C18H21N7OS2/c1-12-11-28-18(19-12)24-6-3-5-23(7-8-24)10-14-20-21-17-22(2)16(26)15-13(25(14)17)4-9-27-15/h4,9,11H,3,5-8,10H2,1-2H3. The highest BCUT2D eigenvalue weighted by molar-refractivity contribution is 7.17. The van der Waals surface area contributed by atoms with Crippen molar-refractivity contribution in [3.05, 3.63) is 38.7 Å². The number of nitrogens with zero attached hydrogens (tertiary/aromatic N) is 7. The Hall–Kier alpha value is -2.30. The summed E-state index contributed by atoms with van der Waals surface area (Å²) in [7, 11) is 1.76. The molecule has 1 aliphatic heterocycles. The first-order valence-corrected chi connectivity index (χ1v) is 11.1. The molecule has 0 aromatic carbocycles.